The molecule has 2 atom stereocenters. The van der Waals surface area contributed by atoms with Crippen molar-refractivity contribution in [2.24, 2.45) is 5.41 Å². The van der Waals surface area contributed by atoms with E-state index in [1.54, 1.807) is 18.2 Å². The zero-order valence-electron chi connectivity index (χ0n) is 20.3. The molecule has 8 heteroatoms. The van der Waals surface area contributed by atoms with Crippen LogP contribution in [0.2, 0.25) is 0 Å². The van der Waals surface area contributed by atoms with E-state index in [1.807, 2.05) is 59.5 Å². The first-order valence-electron chi connectivity index (χ1n) is 12.5. The van der Waals surface area contributed by atoms with E-state index in [0.29, 0.717) is 25.2 Å². The van der Waals surface area contributed by atoms with Gasteiger partial charge in [-0.1, -0.05) is 60.7 Å². The Bertz CT molecular complexity index is 1380. The van der Waals surface area contributed by atoms with E-state index in [2.05, 4.69) is 10.2 Å². The molecule has 2 fully saturated rings. The van der Waals surface area contributed by atoms with Crippen molar-refractivity contribution < 1.29 is 18.8 Å². The Labute approximate surface area is 214 Å². The first-order chi connectivity index (χ1) is 18.0. The second-order valence-corrected chi connectivity index (χ2v) is 9.84. The molecule has 0 radical (unpaired) electrons. The average molecular weight is 499 g/mol. The molecule has 2 saturated heterocycles. The van der Waals surface area contributed by atoms with E-state index < -0.39 is 29.3 Å². The number of nitrogens with zero attached hydrogens (tertiary/aromatic N) is 3. The molecule has 3 aromatic carbocycles. The fourth-order valence-corrected chi connectivity index (χ4v) is 6.02. The Morgan fingerprint density at radius 2 is 1.57 bits per heavy atom. The summed E-state index contributed by atoms with van der Waals surface area (Å²) in [6.45, 7) is 1.48. The third kappa shape index (κ3) is 3.75. The number of urea groups is 1. The van der Waals surface area contributed by atoms with Crippen LogP contribution in [0.15, 0.2) is 78.9 Å². The van der Waals surface area contributed by atoms with E-state index in [9.17, 15) is 18.8 Å². The van der Waals surface area contributed by atoms with E-state index >= 15 is 0 Å². The number of anilines is 2. The van der Waals surface area contributed by atoms with Gasteiger partial charge >= 0.3 is 6.03 Å². The maximum absolute atomic E-state index is 14.7. The first kappa shape index (κ1) is 23.2. The number of rotatable bonds is 4. The summed E-state index contributed by atoms with van der Waals surface area (Å²) in [4.78, 5) is 46.0. The lowest BCUT2D eigenvalue weighted by Crippen LogP contribution is -2.75. The molecule has 6 rings (SSSR count). The van der Waals surface area contributed by atoms with Gasteiger partial charge in [-0.15, -0.1) is 0 Å². The minimum atomic E-state index is -1.51. The molecule has 3 heterocycles. The van der Waals surface area contributed by atoms with Gasteiger partial charge in [-0.3, -0.25) is 19.8 Å². The Morgan fingerprint density at radius 3 is 2.35 bits per heavy atom. The molecule has 0 bridgehead atoms. The average Bonchev–Trinajstić information content (AvgIpc) is 2.92. The number of fused-ring (bicyclic) bond motifs is 4. The van der Waals surface area contributed by atoms with Gasteiger partial charge in [0.05, 0.1) is 11.7 Å². The molecule has 0 aliphatic carbocycles. The summed E-state index contributed by atoms with van der Waals surface area (Å²) in [5.41, 5.74) is 1.78. The monoisotopic (exact) mass is 498 g/mol. The second kappa shape index (κ2) is 9.03. The van der Waals surface area contributed by atoms with E-state index in [-0.39, 0.29) is 25.3 Å². The van der Waals surface area contributed by atoms with Crippen LogP contribution < -0.4 is 15.1 Å². The van der Waals surface area contributed by atoms with Crippen molar-refractivity contribution in [2.75, 3.05) is 36.0 Å². The molecule has 7 nitrogen and oxygen atoms in total. The van der Waals surface area contributed by atoms with Crippen LogP contribution in [0.3, 0.4) is 0 Å². The van der Waals surface area contributed by atoms with Crippen molar-refractivity contribution in [3.63, 3.8) is 0 Å². The maximum atomic E-state index is 14.7. The van der Waals surface area contributed by atoms with Gasteiger partial charge in [0.1, 0.15) is 5.82 Å². The second-order valence-electron chi connectivity index (χ2n) is 9.84. The standard InChI is InChI=1S/C29H27FN4O3/c30-22-11-5-7-13-24(22)32-16-17-33-23-12-6-4-10-21(23)18-29(25(33)19-32)26(35)31-28(37)34(27(29)36)15-14-20-8-2-1-3-9-20/h1-13,25H,14-19H2,(H,31,35,37)/t25-,29-/m1/s1. The van der Waals surface area contributed by atoms with Crippen LogP contribution in [-0.4, -0.2) is 55.0 Å². The molecule has 3 aliphatic heterocycles. The quantitative estimate of drug-likeness (QED) is 0.559. The number of halogens is 1. The molecule has 1 N–H and O–H groups in total. The Hall–Kier alpha value is -4.20. The number of nitrogens with one attached hydrogen (secondary N) is 1. The van der Waals surface area contributed by atoms with Gasteiger partial charge in [0, 0.05) is 31.9 Å². The number of hydrogen-bond acceptors (Lipinski definition) is 5. The highest BCUT2D eigenvalue weighted by Crippen LogP contribution is 2.46. The topological polar surface area (TPSA) is 73.0 Å². The van der Waals surface area contributed by atoms with Crippen molar-refractivity contribution in [3.8, 4) is 0 Å². The zero-order chi connectivity index (χ0) is 25.6. The highest BCUT2D eigenvalue weighted by Gasteiger charge is 2.62. The van der Waals surface area contributed by atoms with E-state index in [4.69, 9.17) is 0 Å². The summed E-state index contributed by atoms with van der Waals surface area (Å²) in [5, 5.41) is 2.49. The number of amides is 4. The van der Waals surface area contributed by atoms with Gasteiger partial charge in [0.25, 0.3) is 0 Å². The number of barbiturate groups is 1. The summed E-state index contributed by atoms with van der Waals surface area (Å²) >= 11 is 0. The molecule has 4 amide bonds. The van der Waals surface area contributed by atoms with Crippen LogP contribution in [0.4, 0.5) is 20.6 Å². The number of hydrogen-bond donors (Lipinski definition) is 1. The molecule has 3 aliphatic rings. The molecule has 1 spiro atoms. The van der Waals surface area contributed by atoms with E-state index in [1.165, 1.54) is 11.0 Å². The number of piperazine rings is 1. The summed E-state index contributed by atoms with van der Waals surface area (Å²) < 4.78 is 14.7. The number of para-hydroxylation sites is 2. The molecule has 188 valence electrons. The minimum absolute atomic E-state index is 0.162. The van der Waals surface area contributed by atoms with Crippen LogP contribution in [0.25, 0.3) is 0 Å². The largest absolute Gasteiger partial charge is 0.365 e. The van der Waals surface area contributed by atoms with Crippen molar-refractivity contribution in [1.82, 2.24) is 10.2 Å². The molecule has 0 unspecified atom stereocenters. The minimum Gasteiger partial charge on any atom is -0.365 e. The molecule has 3 aromatic rings. The number of carbonyl (C=O) groups is 3. The summed E-state index contributed by atoms with van der Waals surface area (Å²) in [6, 6.07) is 22.7. The Balaban J connectivity index is 1.40. The summed E-state index contributed by atoms with van der Waals surface area (Å²) in [6.07, 6.45) is 0.659. The van der Waals surface area contributed by atoms with Crippen molar-refractivity contribution in [1.29, 1.82) is 0 Å². The van der Waals surface area contributed by atoms with Crippen LogP contribution in [0, 0.1) is 11.2 Å². The fourth-order valence-electron chi connectivity index (χ4n) is 6.02. The molecular formula is C29H27FN4O3. The van der Waals surface area contributed by atoms with Gasteiger partial charge in [0.15, 0.2) is 5.41 Å². The highest BCUT2D eigenvalue weighted by molar-refractivity contribution is 6.20. The fraction of sp³-hybridized carbons (Fsp3) is 0.276. The third-order valence-electron chi connectivity index (χ3n) is 7.88. The van der Waals surface area contributed by atoms with Crippen LogP contribution >= 0.6 is 0 Å². The molecule has 37 heavy (non-hydrogen) atoms. The summed E-state index contributed by atoms with van der Waals surface area (Å²) in [5.74, 6) is -1.42. The molecule has 0 aromatic heterocycles. The molecule has 0 saturated carbocycles. The van der Waals surface area contributed by atoms with Crippen LogP contribution in [-0.2, 0) is 22.4 Å². The molecular weight excluding hydrogens is 471 g/mol. The smallest absolute Gasteiger partial charge is 0.330 e. The SMILES string of the molecule is O=C1NC(=O)[C@]2(Cc3ccccc3N3CCN(c4ccccc4F)C[C@@H]32)C(=O)N1CCc1ccccc1. The van der Waals surface area contributed by atoms with Gasteiger partial charge in [-0.25, -0.2) is 9.18 Å². The lowest BCUT2D eigenvalue weighted by atomic mass is 9.67. The van der Waals surface area contributed by atoms with Gasteiger partial charge in [-0.2, -0.15) is 0 Å². The van der Waals surface area contributed by atoms with Gasteiger partial charge in [0.2, 0.25) is 11.8 Å². The van der Waals surface area contributed by atoms with Crippen molar-refractivity contribution >= 4 is 29.2 Å². The predicted molar refractivity (Wildman–Crippen MR) is 138 cm³/mol. The number of carbonyl (C=O) groups excluding carboxylic acids is 3. The highest BCUT2D eigenvalue weighted by atomic mass is 19.1. The van der Waals surface area contributed by atoms with Gasteiger partial charge in [-0.05, 0) is 42.2 Å². The van der Waals surface area contributed by atoms with Gasteiger partial charge < -0.3 is 9.80 Å². The van der Waals surface area contributed by atoms with Crippen LogP contribution in [0.5, 0.6) is 0 Å². The van der Waals surface area contributed by atoms with E-state index in [0.717, 1.165) is 16.8 Å². The normalized spacial score (nSPS) is 23.1. The Kier molecular flexibility index (Phi) is 5.67. The number of benzene rings is 3. The lowest BCUT2D eigenvalue weighted by Gasteiger charge is -2.55. The maximum Gasteiger partial charge on any atom is 0.330 e. The zero-order valence-corrected chi connectivity index (χ0v) is 20.3. The lowest BCUT2D eigenvalue weighted by molar-refractivity contribution is -0.153. The van der Waals surface area contributed by atoms with Crippen molar-refractivity contribution in [2.45, 2.75) is 18.9 Å². The third-order valence-corrected chi connectivity index (χ3v) is 7.88. The Morgan fingerprint density at radius 1 is 0.865 bits per heavy atom. The van der Waals surface area contributed by atoms with Crippen LogP contribution in [0.1, 0.15) is 11.1 Å². The summed E-state index contributed by atoms with van der Waals surface area (Å²) in [7, 11) is 0. The number of imide groups is 2. The first-order valence-corrected chi connectivity index (χ1v) is 12.5. The predicted octanol–water partition coefficient (Wildman–Crippen LogP) is 3.38. The van der Waals surface area contributed by atoms with Crippen molar-refractivity contribution in [3.05, 3.63) is 95.8 Å².